The lowest BCUT2D eigenvalue weighted by molar-refractivity contribution is 0.461. The topological polar surface area (TPSA) is 47.7 Å². The van der Waals surface area contributed by atoms with Gasteiger partial charge in [0.1, 0.15) is 0 Å². The van der Waals surface area contributed by atoms with E-state index in [9.17, 15) is 0 Å². The Labute approximate surface area is 108 Å². The van der Waals surface area contributed by atoms with Crippen LogP contribution in [-0.2, 0) is 20.0 Å². The van der Waals surface area contributed by atoms with Gasteiger partial charge in [0.15, 0.2) is 0 Å². The highest BCUT2D eigenvalue weighted by molar-refractivity contribution is 5.03. The fourth-order valence-corrected chi connectivity index (χ4v) is 1.92. The summed E-state index contributed by atoms with van der Waals surface area (Å²) < 4.78 is 3.82. The molecule has 18 heavy (non-hydrogen) atoms. The van der Waals surface area contributed by atoms with Crippen molar-refractivity contribution in [3.8, 4) is 0 Å². The largest absolute Gasteiger partial charge is 0.314 e. The molecule has 0 aliphatic rings. The quantitative estimate of drug-likeness (QED) is 0.800. The second-order valence-corrected chi connectivity index (χ2v) is 4.69. The average Bonchev–Trinajstić information content (AvgIpc) is 2.98. The third-order valence-electron chi connectivity index (χ3n) is 3.02. The number of aryl methyl sites for hydroxylation is 2. The Bertz CT molecular complexity index is 446. The normalized spacial score (nSPS) is 12.8. The molecule has 0 aliphatic heterocycles. The molecular formula is C13H21N5. The van der Waals surface area contributed by atoms with Gasteiger partial charge >= 0.3 is 0 Å². The highest BCUT2D eigenvalue weighted by Gasteiger charge is 2.02. The minimum absolute atomic E-state index is 0.505. The van der Waals surface area contributed by atoms with Gasteiger partial charge in [-0.1, -0.05) is 0 Å². The number of nitrogens with one attached hydrogen (secondary N) is 1. The van der Waals surface area contributed by atoms with E-state index in [1.54, 1.807) is 0 Å². The third kappa shape index (κ3) is 4.00. The van der Waals surface area contributed by atoms with E-state index in [0.29, 0.717) is 6.04 Å². The Morgan fingerprint density at radius 3 is 2.94 bits per heavy atom. The fraction of sp³-hybridized carbons (Fsp3) is 0.538. The monoisotopic (exact) mass is 247 g/mol. The zero-order valence-corrected chi connectivity index (χ0v) is 11.1. The highest BCUT2D eigenvalue weighted by atomic mass is 15.3. The van der Waals surface area contributed by atoms with Gasteiger partial charge < -0.3 is 5.32 Å². The van der Waals surface area contributed by atoms with Gasteiger partial charge in [0.2, 0.25) is 0 Å². The van der Waals surface area contributed by atoms with Crippen LogP contribution in [0.3, 0.4) is 0 Å². The molecule has 5 heteroatoms. The minimum atomic E-state index is 0.505. The summed E-state index contributed by atoms with van der Waals surface area (Å²) in [7, 11) is 1.95. The molecule has 2 heterocycles. The lowest BCUT2D eigenvalue weighted by atomic mass is 10.2. The van der Waals surface area contributed by atoms with Crippen LogP contribution in [0.15, 0.2) is 30.9 Å². The van der Waals surface area contributed by atoms with Crippen molar-refractivity contribution >= 4 is 0 Å². The molecule has 1 atom stereocenters. The van der Waals surface area contributed by atoms with Crippen LogP contribution in [-0.4, -0.2) is 32.1 Å². The molecule has 0 radical (unpaired) electrons. The van der Waals surface area contributed by atoms with Crippen molar-refractivity contribution in [3.63, 3.8) is 0 Å². The van der Waals surface area contributed by atoms with Gasteiger partial charge in [-0.25, -0.2) is 0 Å². The summed E-state index contributed by atoms with van der Waals surface area (Å²) in [5.74, 6) is 0. The molecule has 0 aliphatic carbocycles. The van der Waals surface area contributed by atoms with Gasteiger partial charge in [0.25, 0.3) is 0 Å². The van der Waals surface area contributed by atoms with Gasteiger partial charge in [-0.05, 0) is 37.9 Å². The molecule has 0 amide bonds. The molecule has 0 fully saturated rings. The third-order valence-corrected chi connectivity index (χ3v) is 3.02. The molecule has 98 valence electrons. The molecular weight excluding hydrogens is 226 g/mol. The molecule has 1 N–H and O–H groups in total. The van der Waals surface area contributed by atoms with Crippen molar-refractivity contribution < 1.29 is 0 Å². The molecule has 0 saturated heterocycles. The lowest BCUT2D eigenvalue weighted by Gasteiger charge is -2.13. The minimum Gasteiger partial charge on any atom is -0.314 e. The van der Waals surface area contributed by atoms with E-state index in [2.05, 4.69) is 28.6 Å². The lowest BCUT2D eigenvalue weighted by Crippen LogP contribution is -2.29. The first-order valence-electron chi connectivity index (χ1n) is 6.42. The first-order chi connectivity index (χ1) is 8.74. The second kappa shape index (κ2) is 6.35. The number of nitrogens with zero attached hydrogens (tertiary/aromatic N) is 4. The van der Waals surface area contributed by atoms with E-state index < -0.39 is 0 Å². The second-order valence-electron chi connectivity index (χ2n) is 4.69. The number of hydrogen-bond donors (Lipinski definition) is 1. The first kappa shape index (κ1) is 12.8. The highest BCUT2D eigenvalue weighted by Crippen LogP contribution is 1.98. The summed E-state index contributed by atoms with van der Waals surface area (Å²) in [5, 5.41) is 11.9. The zero-order chi connectivity index (χ0) is 12.8. The predicted octanol–water partition coefficient (Wildman–Crippen LogP) is 1.23. The van der Waals surface area contributed by atoms with Crippen molar-refractivity contribution in [2.24, 2.45) is 7.05 Å². The van der Waals surface area contributed by atoms with Gasteiger partial charge in [0.05, 0.1) is 6.20 Å². The fourth-order valence-electron chi connectivity index (χ4n) is 1.92. The van der Waals surface area contributed by atoms with Crippen LogP contribution in [0.4, 0.5) is 0 Å². The number of hydrogen-bond acceptors (Lipinski definition) is 3. The van der Waals surface area contributed by atoms with Crippen LogP contribution in [0.5, 0.6) is 0 Å². The van der Waals surface area contributed by atoms with Crippen LogP contribution in [0.1, 0.15) is 18.9 Å². The van der Waals surface area contributed by atoms with E-state index in [1.807, 2.05) is 41.1 Å². The molecule has 5 nitrogen and oxygen atoms in total. The molecule has 2 rings (SSSR count). The molecule has 0 saturated carbocycles. The van der Waals surface area contributed by atoms with Crippen molar-refractivity contribution in [3.05, 3.63) is 36.4 Å². The SMILES string of the molecule is C[C@@H](CCn1cccn1)NCCc1cnn(C)c1. The zero-order valence-electron chi connectivity index (χ0n) is 11.1. The Kier molecular flexibility index (Phi) is 4.52. The Hall–Kier alpha value is -1.62. The van der Waals surface area contributed by atoms with E-state index in [0.717, 1.165) is 25.9 Å². The maximum absolute atomic E-state index is 4.20. The first-order valence-corrected chi connectivity index (χ1v) is 6.42. The molecule has 0 spiro atoms. The van der Waals surface area contributed by atoms with Crippen LogP contribution in [0.25, 0.3) is 0 Å². The Morgan fingerprint density at radius 1 is 1.39 bits per heavy atom. The summed E-state index contributed by atoms with van der Waals surface area (Å²) in [4.78, 5) is 0. The summed E-state index contributed by atoms with van der Waals surface area (Å²) >= 11 is 0. The van der Waals surface area contributed by atoms with Crippen LogP contribution >= 0.6 is 0 Å². The van der Waals surface area contributed by atoms with E-state index in [4.69, 9.17) is 0 Å². The van der Waals surface area contributed by atoms with Gasteiger partial charge in [-0.2, -0.15) is 10.2 Å². The standard InChI is InChI=1S/C13H21N5/c1-12(5-9-18-8-3-6-15-18)14-7-4-13-10-16-17(2)11-13/h3,6,8,10-12,14H,4-5,7,9H2,1-2H3/t12-/m0/s1. The maximum Gasteiger partial charge on any atom is 0.0522 e. The summed E-state index contributed by atoms with van der Waals surface area (Å²) in [6.45, 7) is 4.17. The van der Waals surface area contributed by atoms with Crippen LogP contribution in [0.2, 0.25) is 0 Å². The molecule has 0 aromatic carbocycles. The van der Waals surface area contributed by atoms with Gasteiger partial charge in [-0.3, -0.25) is 9.36 Å². The molecule has 0 bridgehead atoms. The summed E-state index contributed by atoms with van der Waals surface area (Å²) in [6, 6.07) is 2.46. The Balaban J connectivity index is 1.61. The maximum atomic E-state index is 4.20. The molecule has 0 unspecified atom stereocenters. The van der Waals surface area contributed by atoms with Crippen molar-refractivity contribution in [2.75, 3.05) is 6.54 Å². The van der Waals surface area contributed by atoms with Crippen molar-refractivity contribution in [2.45, 2.75) is 32.4 Å². The average molecular weight is 247 g/mol. The summed E-state index contributed by atoms with van der Waals surface area (Å²) in [6.07, 6.45) is 9.93. The predicted molar refractivity (Wildman–Crippen MR) is 71.2 cm³/mol. The van der Waals surface area contributed by atoms with Gasteiger partial charge in [-0.15, -0.1) is 0 Å². The van der Waals surface area contributed by atoms with Gasteiger partial charge in [0, 0.05) is 38.2 Å². The van der Waals surface area contributed by atoms with Crippen molar-refractivity contribution in [1.82, 2.24) is 24.9 Å². The molecule has 2 aromatic rings. The van der Waals surface area contributed by atoms with E-state index in [1.165, 1.54) is 5.56 Å². The number of rotatable bonds is 7. The summed E-state index contributed by atoms with van der Waals surface area (Å²) in [5.41, 5.74) is 1.28. The smallest absolute Gasteiger partial charge is 0.0522 e. The van der Waals surface area contributed by atoms with E-state index in [-0.39, 0.29) is 0 Å². The molecule has 2 aromatic heterocycles. The van der Waals surface area contributed by atoms with Crippen LogP contribution in [0, 0.1) is 0 Å². The van der Waals surface area contributed by atoms with E-state index >= 15 is 0 Å². The van der Waals surface area contributed by atoms with Crippen LogP contribution < -0.4 is 5.32 Å². The van der Waals surface area contributed by atoms with Crippen molar-refractivity contribution in [1.29, 1.82) is 0 Å². The number of aromatic nitrogens is 4. The Morgan fingerprint density at radius 2 is 2.28 bits per heavy atom.